The predicted molar refractivity (Wildman–Crippen MR) is 167 cm³/mol. The minimum atomic E-state index is 0.735. The maximum atomic E-state index is 5.04. The molecule has 0 amide bonds. The van der Waals surface area contributed by atoms with Gasteiger partial charge in [0.1, 0.15) is 0 Å². The molecule has 1 fully saturated rings. The third-order valence-corrected chi connectivity index (χ3v) is 9.59. The molecule has 2 unspecified atom stereocenters. The van der Waals surface area contributed by atoms with Crippen molar-refractivity contribution in [1.29, 1.82) is 0 Å². The van der Waals surface area contributed by atoms with Crippen LogP contribution in [0, 0.1) is 25.7 Å². The summed E-state index contributed by atoms with van der Waals surface area (Å²) in [5.74, 6) is 1.49. The summed E-state index contributed by atoms with van der Waals surface area (Å²) in [4.78, 5) is 5.04. The highest BCUT2D eigenvalue weighted by Crippen LogP contribution is 2.45. The molecule has 2 atom stereocenters. The fraction of sp³-hybridized carbons (Fsp3) is 0.270. The largest absolute Gasteiger partial charge is 0.308 e. The molecule has 8 rings (SSSR count). The van der Waals surface area contributed by atoms with E-state index in [0.717, 1.165) is 23.8 Å². The van der Waals surface area contributed by atoms with Crippen molar-refractivity contribution in [2.45, 2.75) is 52.9 Å². The van der Waals surface area contributed by atoms with Gasteiger partial charge >= 0.3 is 0 Å². The van der Waals surface area contributed by atoms with Gasteiger partial charge in [-0.3, -0.25) is 4.98 Å². The van der Waals surface area contributed by atoms with Crippen molar-refractivity contribution >= 4 is 59.8 Å². The van der Waals surface area contributed by atoms with E-state index in [2.05, 4.69) is 92.4 Å². The van der Waals surface area contributed by atoms with Gasteiger partial charge in [0.15, 0.2) is 0 Å². The summed E-state index contributed by atoms with van der Waals surface area (Å²) in [5, 5.41) is 9.28. The van der Waals surface area contributed by atoms with Crippen molar-refractivity contribution in [3.05, 3.63) is 95.7 Å². The monoisotopic (exact) mass is 506 g/mol. The van der Waals surface area contributed by atoms with Gasteiger partial charge in [0.05, 0.1) is 22.1 Å². The van der Waals surface area contributed by atoms with E-state index < -0.39 is 0 Å². The second-order valence-corrected chi connectivity index (χ2v) is 12.3. The summed E-state index contributed by atoms with van der Waals surface area (Å²) in [6.45, 7) is 11.3. The summed E-state index contributed by atoms with van der Waals surface area (Å²) in [7, 11) is 0. The lowest BCUT2D eigenvalue weighted by molar-refractivity contribution is 0.321. The predicted octanol–water partition coefficient (Wildman–Crippen LogP) is 10.1. The molecule has 3 heterocycles. The van der Waals surface area contributed by atoms with E-state index in [-0.39, 0.29) is 0 Å². The molecule has 4 aromatic carbocycles. The number of nitrogens with zero attached hydrogens (tertiary/aromatic N) is 2. The molecule has 0 saturated heterocycles. The summed E-state index contributed by atoms with van der Waals surface area (Å²) in [6.07, 6.45) is 8.05. The van der Waals surface area contributed by atoms with Crippen LogP contribution in [-0.4, -0.2) is 9.38 Å². The zero-order valence-corrected chi connectivity index (χ0v) is 23.1. The van der Waals surface area contributed by atoms with Gasteiger partial charge < -0.3 is 4.40 Å². The molecule has 0 N–H and O–H groups in total. The van der Waals surface area contributed by atoms with E-state index in [1.807, 2.05) is 6.20 Å². The average molecular weight is 507 g/mol. The maximum Gasteiger partial charge on any atom is 0.0823 e. The van der Waals surface area contributed by atoms with E-state index in [0.29, 0.717) is 0 Å². The van der Waals surface area contributed by atoms with Gasteiger partial charge in [-0.2, -0.15) is 0 Å². The van der Waals surface area contributed by atoms with E-state index in [1.165, 1.54) is 102 Å². The van der Waals surface area contributed by atoms with Crippen LogP contribution >= 0.6 is 0 Å². The molecule has 0 radical (unpaired) electrons. The molecule has 1 aliphatic rings. The smallest absolute Gasteiger partial charge is 0.0823 e. The lowest BCUT2D eigenvalue weighted by Gasteiger charge is -2.28. The molecule has 2 nitrogen and oxygen atoms in total. The molecule has 0 aliphatic heterocycles. The number of benzene rings is 4. The van der Waals surface area contributed by atoms with Crippen LogP contribution < -0.4 is 0 Å². The van der Waals surface area contributed by atoms with Crippen LogP contribution in [0.15, 0.2) is 79.0 Å². The highest BCUT2D eigenvalue weighted by atomic mass is 14.9. The van der Waals surface area contributed by atoms with E-state index in [1.54, 1.807) is 0 Å². The minimum absolute atomic E-state index is 0.735. The molecule has 1 aliphatic carbocycles. The molecule has 39 heavy (non-hydrogen) atoms. The third kappa shape index (κ3) is 3.24. The Balaban J connectivity index is 1.49. The van der Waals surface area contributed by atoms with Crippen molar-refractivity contribution in [1.82, 2.24) is 9.38 Å². The molecule has 0 spiro atoms. The Morgan fingerprint density at radius 3 is 2.59 bits per heavy atom. The SMILES string of the molecule is C=C1CC(C)CC(CCc2cc3ccnc4c5cc6cccc(C)c6c(C)c5n5c6ccccc6c2c5c34)C1. The normalized spacial score (nSPS) is 18.6. The van der Waals surface area contributed by atoms with Crippen molar-refractivity contribution in [3.63, 3.8) is 0 Å². The van der Waals surface area contributed by atoms with Crippen LogP contribution in [0.2, 0.25) is 0 Å². The third-order valence-electron chi connectivity index (χ3n) is 9.59. The summed E-state index contributed by atoms with van der Waals surface area (Å²) >= 11 is 0. The van der Waals surface area contributed by atoms with E-state index >= 15 is 0 Å². The minimum Gasteiger partial charge on any atom is -0.308 e. The maximum absolute atomic E-state index is 5.04. The summed E-state index contributed by atoms with van der Waals surface area (Å²) in [6, 6.07) is 22.8. The lowest BCUT2D eigenvalue weighted by atomic mass is 9.77. The van der Waals surface area contributed by atoms with E-state index in [4.69, 9.17) is 4.98 Å². The Bertz CT molecular complexity index is 2110. The molecule has 2 heteroatoms. The second kappa shape index (κ2) is 8.29. The number of rotatable bonds is 3. The lowest BCUT2D eigenvalue weighted by Crippen LogP contribution is -2.15. The zero-order valence-electron chi connectivity index (χ0n) is 23.1. The second-order valence-electron chi connectivity index (χ2n) is 12.3. The van der Waals surface area contributed by atoms with Gasteiger partial charge in [0.25, 0.3) is 0 Å². The first-order chi connectivity index (χ1) is 19.0. The van der Waals surface area contributed by atoms with Gasteiger partial charge in [0.2, 0.25) is 0 Å². The summed E-state index contributed by atoms with van der Waals surface area (Å²) < 4.78 is 2.58. The van der Waals surface area contributed by atoms with Gasteiger partial charge in [-0.1, -0.05) is 61.5 Å². The topological polar surface area (TPSA) is 17.3 Å². The average Bonchev–Trinajstić information content (AvgIpc) is 3.27. The number of hydrogen-bond acceptors (Lipinski definition) is 1. The number of aromatic nitrogens is 2. The van der Waals surface area contributed by atoms with Crippen LogP contribution in [0.5, 0.6) is 0 Å². The Kier molecular flexibility index (Phi) is 4.89. The van der Waals surface area contributed by atoms with Crippen LogP contribution in [0.4, 0.5) is 0 Å². The summed E-state index contributed by atoms with van der Waals surface area (Å²) in [5.41, 5.74) is 10.7. The van der Waals surface area contributed by atoms with Crippen molar-refractivity contribution in [2.24, 2.45) is 11.8 Å². The molecular formula is C37H34N2. The fourth-order valence-corrected chi connectivity index (χ4v) is 8.18. The Morgan fingerprint density at radius 2 is 1.72 bits per heavy atom. The number of hydrogen-bond donors (Lipinski definition) is 0. The Morgan fingerprint density at radius 1 is 0.872 bits per heavy atom. The molecular weight excluding hydrogens is 472 g/mol. The number of para-hydroxylation sites is 1. The molecule has 7 aromatic rings. The van der Waals surface area contributed by atoms with Crippen molar-refractivity contribution < 1.29 is 0 Å². The fourth-order valence-electron chi connectivity index (χ4n) is 8.18. The zero-order chi connectivity index (χ0) is 26.4. The van der Waals surface area contributed by atoms with Gasteiger partial charge in [0, 0.05) is 27.7 Å². The highest BCUT2D eigenvalue weighted by Gasteiger charge is 2.25. The number of allylic oxidation sites excluding steroid dienone is 1. The number of aryl methyl sites for hydroxylation is 3. The first kappa shape index (κ1) is 23.0. The first-order valence-electron chi connectivity index (χ1n) is 14.5. The van der Waals surface area contributed by atoms with Crippen molar-refractivity contribution in [3.8, 4) is 0 Å². The van der Waals surface area contributed by atoms with E-state index in [9.17, 15) is 0 Å². The molecule has 3 aromatic heterocycles. The van der Waals surface area contributed by atoms with Crippen LogP contribution in [0.3, 0.4) is 0 Å². The standard InChI is InChI=1S/C37H34N2/c1-21-16-22(2)18-25(17-21)12-13-27-19-28-14-15-38-35-30-20-26-9-7-8-23(3)32(26)24(4)36(30)39-31-11-6-5-10-29(31)33(27)37(39)34(28)35/h5-11,14-15,19-20,22,25H,1,12-13,16-18H2,2-4H3. The molecule has 192 valence electrons. The number of pyridine rings is 2. The Labute approximate surface area is 229 Å². The van der Waals surface area contributed by atoms with Gasteiger partial charge in [-0.25, -0.2) is 0 Å². The number of fused-ring (bicyclic) bond motifs is 7. The van der Waals surface area contributed by atoms with Gasteiger partial charge in [-0.05, 0) is 109 Å². The quantitative estimate of drug-likeness (QED) is 0.132. The van der Waals surface area contributed by atoms with Crippen LogP contribution in [-0.2, 0) is 6.42 Å². The van der Waals surface area contributed by atoms with Crippen molar-refractivity contribution in [2.75, 3.05) is 0 Å². The van der Waals surface area contributed by atoms with Crippen LogP contribution in [0.1, 0.15) is 49.3 Å². The Hall–Kier alpha value is -3.91. The molecule has 0 bridgehead atoms. The first-order valence-corrected chi connectivity index (χ1v) is 14.5. The molecule has 1 saturated carbocycles. The van der Waals surface area contributed by atoms with Gasteiger partial charge in [-0.15, -0.1) is 0 Å². The highest BCUT2D eigenvalue weighted by molar-refractivity contribution is 6.29. The van der Waals surface area contributed by atoms with Crippen LogP contribution in [0.25, 0.3) is 59.8 Å².